The molecule has 0 unspecified atom stereocenters. The van der Waals surface area contributed by atoms with E-state index in [0.717, 1.165) is 25.7 Å². The number of aromatic nitrogens is 2. The molecule has 2 amide bonds. The van der Waals surface area contributed by atoms with Crippen molar-refractivity contribution < 1.29 is 14.7 Å². The summed E-state index contributed by atoms with van der Waals surface area (Å²) < 4.78 is 0. The first-order chi connectivity index (χ1) is 10.6. The predicted octanol–water partition coefficient (Wildman–Crippen LogP) is 1.82. The van der Waals surface area contributed by atoms with E-state index in [4.69, 9.17) is 16.7 Å². The van der Waals surface area contributed by atoms with Gasteiger partial charge >= 0.3 is 6.09 Å². The Kier molecular flexibility index (Phi) is 5.94. The summed E-state index contributed by atoms with van der Waals surface area (Å²) >= 11 is 5.89. The van der Waals surface area contributed by atoms with Crippen LogP contribution in [0.5, 0.6) is 0 Å². The van der Waals surface area contributed by atoms with Gasteiger partial charge in [0, 0.05) is 24.9 Å². The maximum absolute atomic E-state index is 12.1. The third kappa shape index (κ3) is 4.84. The van der Waals surface area contributed by atoms with Crippen molar-refractivity contribution in [2.45, 2.75) is 32.2 Å². The molecule has 0 aromatic carbocycles. The van der Waals surface area contributed by atoms with Crippen LogP contribution in [-0.4, -0.2) is 33.6 Å². The lowest BCUT2D eigenvalue weighted by atomic mass is 9.81. The second-order valence-electron chi connectivity index (χ2n) is 5.42. The van der Waals surface area contributed by atoms with Gasteiger partial charge in [0.25, 0.3) is 0 Å². The molecule has 0 spiro atoms. The largest absolute Gasteiger partial charge is 0.465 e. The topological polar surface area (TPSA) is 104 Å². The van der Waals surface area contributed by atoms with E-state index >= 15 is 0 Å². The Morgan fingerprint density at radius 1 is 1.18 bits per heavy atom. The van der Waals surface area contributed by atoms with Crippen molar-refractivity contribution in [2.24, 2.45) is 11.8 Å². The number of carboxylic acid groups (broad SMARTS) is 1. The highest BCUT2D eigenvalue weighted by Crippen LogP contribution is 2.28. The van der Waals surface area contributed by atoms with Gasteiger partial charge in [-0.05, 0) is 31.6 Å². The first-order valence-electron chi connectivity index (χ1n) is 7.26. The summed E-state index contributed by atoms with van der Waals surface area (Å²) in [5, 5.41) is 14.1. The van der Waals surface area contributed by atoms with Gasteiger partial charge in [0.05, 0.1) is 12.2 Å². The fourth-order valence-electron chi connectivity index (χ4n) is 2.64. The van der Waals surface area contributed by atoms with Gasteiger partial charge in [0.1, 0.15) is 0 Å². The molecular weight excluding hydrogens is 308 g/mol. The quantitative estimate of drug-likeness (QED) is 0.765. The second-order valence-corrected chi connectivity index (χ2v) is 5.77. The molecule has 0 saturated heterocycles. The van der Waals surface area contributed by atoms with Crippen molar-refractivity contribution in [3.8, 4) is 0 Å². The Morgan fingerprint density at radius 2 is 1.86 bits per heavy atom. The number of halogens is 1. The van der Waals surface area contributed by atoms with Crippen LogP contribution in [0.3, 0.4) is 0 Å². The molecule has 0 radical (unpaired) electrons. The summed E-state index contributed by atoms with van der Waals surface area (Å²) in [4.78, 5) is 30.6. The molecule has 1 heterocycles. The third-order valence-electron chi connectivity index (χ3n) is 3.91. The molecule has 1 aliphatic rings. The van der Waals surface area contributed by atoms with Crippen molar-refractivity contribution in [1.29, 1.82) is 0 Å². The molecule has 3 N–H and O–H groups in total. The molecule has 1 saturated carbocycles. The minimum absolute atomic E-state index is 0.00800. The number of nitrogens with zero attached hydrogens (tertiary/aromatic N) is 2. The van der Waals surface area contributed by atoms with Gasteiger partial charge in [-0.25, -0.2) is 9.78 Å². The van der Waals surface area contributed by atoms with Crippen molar-refractivity contribution in [3.63, 3.8) is 0 Å². The molecular formula is C14H19ClN4O3. The van der Waals surface area contributed by atoms with Crippen LogP contribution in [-0.2, 0) is 11.3 Å². The Balaban J connectivity index is 1.73. The lowest BCUT2D eigenvalue weighted by molar-refractivity contribution is -0.126. The van der Waals surface area contributed by atoms with Gasteiger partial charge in [-0.3, -0.25) is 9.78 Å². The van der Waals surface area contributed by atoms with Crippen molar-refractivity contribution in [3.05, 3.63) is 23.2 Å². The highest BCUT2D eigenvalue weighted by Gasteiger charge is 2.26. The molecule has 7 nitrogen and oxygen atoms in total. The number of rotatable bonds is 5. The van der Waals surface area contributed by atoms with Crippen molar-refractivity contribution in [1.82, 2.24) is 20.6 Å². The molecule has 120 valence electrons. The Labute approximate surface area is 133 Å². The van der Waals surface area contributed by atoms with Gasteiger partial charge in [-0.15, -0.1) is 0 Å². The monoisotopic (exact) mass is 326 g/mol. The molecule has 1 aliphatic carbocycles. The van der Waals surface area contributed by atoms with Gasteiger partial charge in [-0.2, -0.15) is 0 Å². The van der Waals surface area contributed by atoms with Gasteiger partial charge in [-0.1, -0.05) is 11.6 Å². The first kappa shape index (κ1) is 16.5. The number of nitrogens with one attached hydrogen (secondary N) is 2. The van der Waals surface area contributed by atoms with E-state index in [9.17, 15) is 9.59 Å². The number of carbonyl (C=O) groups is 2. The van der Waals surface area contributed by atoms with Crippen LogP contribution in [0.4, 0.5) is 4.79 Å². The molecule has 22 heavy (non-hydrogen) atoms. The van der Waals surface area contributed by atoms with Crippen molar-refractivity contribution >= 4 is 23.6 Å². The minimum atomic E-state index is -0.999. The maximum atomic E-state index is 12.1. The van der Waals surface area contributed by atoms with E-state index in [1.54, 1.807) is 0 Å². The molecule has 2 rings (SSSR count). The van der Waals surface area contributed by atoms with Crippen LogP contribution >= 0.6 is 11.6 Å². The predicted molar refractivity (Wildman–Crippen MR) is 80.4 cm³/mol. The Bertz CT molecular complexity index is 533. The summed E-state index contributed by atoms with van der Waals surface area (Å²) in [6, 6.07) is 0. The van der Waals surface area contributed by atoms with Crippen LogP contribution < -0.4 is 10.6 Å². The summed E-state index contributed by atoms with van der Waals surface area (Å²) in [5.74, 6) is 0.275. The Morgan fingerprint density at radius 3 is 2.50 bits per heavy atom. The molecule has 0 bridgehead atoms. The zero-order valence-corrected chi connectivity index (χ0v) is 12.8. The number of hydrogen-bond acceptors (Lipinski definition) is 4. The zero-order chi connectivity index (χ0) is 15.9. The van der Waals surface area contributed by atoms with E-state index in [1.807, 2.05) is 0 Å². The number of amides is 2. The van der Waals surface area contributed by atoms with Gasteiger partial charge in [0.2, 0.25) is 5.91 Å². The highest BCUT2D eigenvalue weighted by atomic mass is 35.5. The molecule has 1 aromatic rings. The SMILES string of the molecule is O=C(O)NCC1CCC(C(=O)NCc2nccnc2Cl)CC1. The average molecular weight is 327 g/mol. The van der Waals surface area contributed by atoms with Crippen molar-refractivity contribution in [2.75, 3.05) is 6.54 Å². The zero-order valence-electron chi connectivity index (χ0n) is 12.1. The Hall–Kier alpha value is -1.89. The van der Waals surface area contributed by atoms with Crippen LogP contribution in [0.15, 0.2) is 12.4 Å². The molecule has 0 atom stereocenters. The van der Waals surface area contributed by atoms with Crippen LogP contribution in [0.25, 0.3) is 0 Å². The van der Waals surface area contributed by atoms with E-state index in [2.05, 4.69) is 20.6 Å². The maximum Gasteiger partial charge on any atom is 0.404 e. The summed E-state index contributed by atoms with van der Waals surface area (Å²) in [6.07, 6.45) is 5.28. The molecule has 0 aliphatic heterocycles. The lowest BCUT2D eigenvalue weighted by Crippen LogP contribution is -2.35. The molecule has 1 aromatic heterocycles. The lowest BCUT2D eigenvalue weighted by Gasteiger charge is -2.27. The smallest absolute Gasteiger partial charge is 0.404 e. The van der Waals surface area contributed by atoms with Gasteiger partial charge < -0.3 is 15.7 Å². The second kappa shape index (κ2) is 7.93. The van der Waals surface area contributed by atoms with E-state index < -0.39 is 6.09 Å². The van der Waals surface area contributed by atoms with Crippen LogP contribution in [0.2, 0.25) is 5.15 Å². The van der Waals surface area contributed by atoms with Gasteiger partial charge in [0.15, 0.2) is 5.15 Å². The van der Waals surface area contributed by atoms with Crippen LogP contribution in [0.1, 0.15) is 31.4 Å². The summed E-state index contributed by atoms with van der Waals surface area (Å²) in [5.41, 5.74) is 0.553. The van der Waals surface area contributed by atoms with Crippen LogP contribution in [0, 0.1) is 11.8 Å². The number of hydrogen-bond donors (Lipinski definition) is 3. The number of carbonyl (C=O) groups excluding carboxylic acids is 1. The summed E-state index contributed by atoms with van der Waals surface area (Å²) in [6.45, 7) is 0.727. The third-order valence-corrected chi connectivity index (χ3v) is 4.23. The van der Waals surface area contributed by atoms with E-state index in [1.165, 1.54) is 12.4 Å². The molecule has 8 heteroatoms. The summed E-state index contributed by atoms with van der Waals surface area (Å²) in [7, 11) is 0. The minimum Gasteiger partial charge on any atom is -0.465 e. The molecule has 1 fully saturated rings. The first-order valence-corrected chi connectivity index (χ1v) is 7.64. The normalized spacial score (nSPS) is 21.1. The average Bonchev–Trinajstić information content (AvgIpc) is 2.52. The standard InChI is InChI=1S/C14H19ClN4O3/c15-12-11(16-5-6-17-12)8-18-13(20)10-3-1-9(2-4-10)7-19-14(21)22/h5-6,9-10,19H,1-4,7-8H2,(H,18,20)(H,21,22). The fourth-order valence-corrected chi connectivity index (χ4v) is 2.82. The highest BCUT2D eigenvalue weighted by molar-refractivity contribution is 6.29. The van der Waals surface area contributed by atoms with E-state index in [0.29, 0.717) is 23.3 Å². The van der Waals surface area contributed by atoms with E-state index in [-0.39, 0.29) is 18.4 Å². The fraction of sp³-hybridized carbons (Fsp3) is 0.571.